The van der Waals surface area contributed by atoms with Crippen LogP contribution >= 0.6 is 0 Å². The minimum Gasteiger partial charge on any atom is -0.343 e. The van der Waals surface area contributed by atoms with Gasteiger partial charge in [-0.25, -0.2) is 0 Å². The number of hydrogen-bond acceptors (Lipinski definition) is 0. The second-order valence-electron chi connectivity index (χ2n) is 1.91. The van der Waals surface area contributed by atoms with E-state index in [1.54, 1.807) is 0 Å². The molecule has 0 aliphatic rings. The molecule has 0 atom stereocenters. The van der Waals surface area contributed by atoms with Crippen LogP contribution in [-0.2, 0) is 26.2 Å². The molecule has 48 valence electrons. The Morgan fingerprint density at radius 2 is 1.75 bits per heavy atom. The molecule has 0 heterocycles. The maximum absolute atomic E-state index is 3.76. The molecular weight excluding hydrogens is 175 g/mol. The Balaban J connectivity index is 0. The Hall–Kier alpha value is 0.883. The van der Waals surface area contributed by atoms with Gasteiger partial charge in [0, 0.05) is 26.2 Å². The van der Waals surface area contributed by atoms with Gasteiger partial charge in [0.05, 0.1) is 0 Å². The van der Waals surface area contributed by atoms with Gasteiger partial charge < -0.3 is 6.92 Å². The number of rotatable bonds is 4. The molecule has 0 radical (unpaired) electrons. The molecule has 0 spiro atoms. The van der Waals surface area contributed by atoms with Gasteiger partial charge in [-0.15, -0.1) is 0 Å². The van der Waals surface area contributed by atoms with Crippen molar-refractivity contribution in [3.05, 3.63) is 6.92 Å². The standard InChI is InChI=1S/C7H15.Zr/c1-3-5-7-6-4-2;/h1,3-7H2,2H3;/q-1;. The third kappa shape index (κ3) is 9.99. The topological polar surface area (TPSA) is 0 Å². The molecule has 0 aliphatic carbocycles. The van der Waals surface area contributed by atoms with Crippen molar-refractivity contribution < 1.29 is 26.2 Å². The van der Waals surface area contributed by atoms with Crippen molar-refractivity contribution in [2.45, 2.75) is 39.0 Å². The van der Waals surface area contributed by atoms with Crippen molar-refractivity contribution in [3.8, 4) is 0 Å². The summed E-state index contributed by atoms with van der Waals surface area (Å²) in [6, 6.07) is 0. The molecule has 0 aromatic heterocycles. The van der Waals surface area contributed by atoms with Gasteiger partial charge in [-0.2, -0.15) is 6.42 Å². The molecule has 0 saturated heterocycles. The summed E-state index contributed by atoms with van der Waals surface area (Å²) in [7, 11) is 0. The average molecular weight is 190 g/mol. The van der Waals surface area contributed by atoms with E-state index in [1.165, 1.54) is 25.7 Å². The Kier molecular flexibility index (Phi) is 15.7. The van der Waals surface area contributed by atoms with Crippen LogP contribution in [0, 0.1) is 6.92 Å². The molecule has 0 fully saturated rings. The van der Waals surface area contributed by atoms with Gasteiger partial charge in [0.25, 0.3) is 0 Å². The summed E-state index contributed by atoms with van der Waals surface area (Å²) >= 11 is 0. The number of hydrogen-bond donors (Lipinski definition) is 0. The van der Waals surface area contributed by atoms with Crippen LogP contribution in [0.25, 0.3) is 0 Å². The number of unbranched alkanes of at least 4 members (excludes halogenated alkanes) is 4. The van der Waals surface area contributed by atoms with E-state index in [0.717, 1.165) is 6.42 Å². The summed E-state index contributed by atoms with van der Waals surface area (Å²) in [5.74, 6) is 0. The fraction of sp³-hybridized carbons (Fsp3) is 0.857. The van der Waals surface area contributed by atoms with Crippen LogP contribution in [-0.4, -0.2) is 0 Å². The molecule has 0 rings (SSSR count). The van der Waals surface area contributed by atoms with Crippen molar-refractivity contribution in [3.63, 3.8) is 0 Å². The normalized spacial score (nSPS) is 8.25. The summed E-state index contributed by atoms with van der Waals surface area (Å²) in [5, 5.41) is 0. The quantitative estimate of drug-likeness (QED) is 0.472. The van der Waals surface area contributed by atoms with Gasteiger partial charge in [0.1, 0.15) is 0 Å². The summed E-state index contributed by atoms with van der Waals surface area (Å²) in [6.07, 6.45) is 6.52. The van der Waals surface area contributed by atoms with E-state index in [1.807, 2.05) is 0 Å². The largest absolute Gasteiger partial charge is 0.343 e. The van der Waals surface area contributed by atoms with Crippen molar-refractivity contribution in [1.82, 2.24) is 0 Å². The van der Waals surface area contributed by atoms with Crippen LogP contribution in [0.4, 0.5) is 0 Å². The smallest absolute Gasteiger partial charge is 0 e. The van der Waals surface area contributed by atoms with Crippen LogP contribution in [0.5, 0.6) is 0 Å². The Morgan fingerprint density at radius 3 is 2.12 bits per heavy atom. The molecule has 0 aromatic rings. The Morgan fingerprint density at radius 1 is 1.12 bits per heavy atom. The zero-order valence-electron chi connectivity index (χ0n) is 5.74. The van der Waals surface area contributed by atoms with E-state index >= 15 is 0 Å². The third-order valence-corrected chi connectivity index (χ3v) is 1.10. The molecule has 0 aliphatic heterocycles. The maximum Gasteiger partial charge on any atom is 0 e. The van der Waals surface area contributed by atoms with Crippen molar-refractivity contribution in [2.75, 3.05) is 0 Å². The van der Waals surface area contributed by atoms with E-state index in [-0.39, 0.29) is 26.2 Å². The molecule has 0 nitrogen and oxygen atoms in total. The molecule has 0 bridgehead atoms. The molecule has 0 saturated carbocycles. The Labute approximate surface area is 72.2 Å². The molecule has 8 heavy (non-hydrogen) atoms. The summed E-state index contributed by atoms with van der Waals surface area (Å²) < 4.78 is 0. The second kappa shape index (κ2) is 10.8. The SMILES string of the molecule is [CH2-]CCCCCC.[Zr]. The molecule has 0 aromatic carbocycles. The Bertz CT molecular complexity index is 23.6. The van der Waals surface area contributed by atoms with Crippen molar-refractivity contribution in [1.29, 1.82) is 0 Å². The molecule has 0 amide bonds. The molecular formula is C7H15Zr-. The second-order valence-corrected chi connectivity index (χ2v) is 1.91. The van der Waals surface area contributed by atoms with E-state index in [9.17, 15) is 0 Å². The van der Waals surface area contributed by atoms with Crippen LogP contribution in [0.3, 0.4) is 0 Å². The average Bonchev–Trinajstić information content (AvgIpc) is 1.69. The van der Waals surface area contributed by atoms with Gasteiger partial charge >= 0.3 is 0 Å². The fourth-order valence-electron chi connectivity index (χ4n) is 0.604. The summed E-state index contributed by atoms with van der Waals surface area (Å²) in [6.45, 7) is 5.98. The van der Waals surface area contributed by atoms with E-state index in [4.69, 9.17) is 0 Å². The van der Waals surface area contributed by atoms with Crippen LogP contribution in [0.2, 0.25) is 0 Å². The van der Waals surface area contributed by atoms with Gasteiger partial charge in [0.15, 0.2) is 0 Å². The first-order valence-electron chi connectivity index (χ1n) is 3.21. The van der Waals surface area contributed by atoms with Crippen molar-refractivity contribution >= 4 is 0 Å². The molecule has 0 unspecified atom stereocenters. The minimum absolute atomic E-state index is 0. The van der Waals surface area contributed by atoms with E-state index in [2.05, 4.69) is 13.8 Å². The predicted octanol–water partition coefficient (Wildman–Crippen LogP) is 2.79. The fourth-order valence-corrected chi connectivity index (χ4v) is 0.604. The monoisotopic (exact) mass is 189 g/mol. The zero-order chi connectivity index (χ0) is 5.54. The van der Waals surface area contributed by atoms with Crippen LogP contribution < -0.4 is 0 Å². The van der Waals surface area contributed by atoms with Crippen molar-refractivity contribution in [2.24, 2.45) is 0 Å². The van der Waals surface area contributed by atoms with E-state index < -0.39 is 0 Å². The van der Waals surface area contributed by atoms with Gasteiger partial charge in [-0.1, -0.05) is 32.6 Å². The van der Waals surface area contributed by atoms with Gasteiger partial charge in [-0.05, 0) is 0 Å². The van der Waals surface area contributed by atoms with Gasteiger partial charge in [-0.3, -0.25) is 0 Å². The predicted molar refractivity (Wildman–Crippen MR) is 34.1 cm³/mol. The first-order chi connectivity index (χ1) is 3.41. The summed E-state index contributed by atoms with van der Waals surface area (Å²) in [5.41, 5.74) is 0. The summed E-state index contributed by atoms with van der Waals surface area (Å²) in [4.78, 5) is 0. The first-order valence-corrected chi connectivity index (χ1v) is 3.21. The third-order valence-electron chi connectivity index (χ3n) is 1.10. The van der Waals surface area contributed by atoms with Gasteiger partial charge in [0.2, 0.25) is 0 Å². The first kappa shape index (κ1) is 11.7. The zero-order valence-corrected chi connectivity index (χ0v) is 8.20. The molecule has 1 heteroatoms. The maximum atomic E-state index is 3.76. The van der Waals surface area contributed by atoms with Crippen LogP contribution in [0.15, 0.2) is 0 Å². The minimum atomic E-state index is 0. The van der Waals surface area contributed by atoms with E-state index in [0.29, 0.717) is 0 Å². The molecule has 0 N–H and O–H groups in total. The van der Waals surface area contributed by atoms with Crippen LogP contribution in [0.1, 0.15) is 39.0 Å².